The average molecular weight is 355 g/mol. The van der Waals surface area contributed by atoms with Crippen LogP contribution in [0.25, 0.3) is 0 Å². The summed E-state index contributed by atoms with van der Waals surface area (Å²) in [7, 11) is 0. The van der Waals surface area contributed by atoms with Crippen molar-refractivity contribution in [3.63, 3.8) is 0 Å². The van der Waals surface area contributed by atoms with E-state index in [1.807, 2.05) is 0 Å². The minimum Gasteiger partial charge on any atom is -0.493 e. The van der Waals surface area contributed by atoms with Crippen LogP contribution in [0, 0.1) is 6.92 Å². The number of hydrogen-bond acceptors (Lipinski definition) is 1. The molecule has 0 amide bonds. The molecule has 0 saturated carbocycles. The fourth-order valence-corrected chi connectivity index (χ4v) is 2.90. The van der Waals surface area contributed by atoms with Crippen molar-refractivity contribution < 1.29 is 4.74 Å². The van der Waals surface area contributed by atoms with Crippen molar-refractivity contribution in [3.8, 4) is 5.75 Å². The van der Waals surface area contributed by atoms with Gasteiger partial charge in [0.05, 0.1) is 6.61 Å². The lowest BCUT2D eigenvalue weighted by molar-refractivity contribution is 0.300. The smallest absolute Gasteiger partial charge is 0.122 e. The van der Waals surface area contributed by atoms with E-state index in [0.29, 0.717) is 5.92 Å². The summed E-state index contributed by atoms with van der Waals surface area (Å²) in [5.74, 6) is 1.61. The summed E-state index contributed by atoms with van der Waals surface area (Å²) < 4.78 is 6.02. The third kappa shape index (κ3) is 7.90. The van der Waals surface area contributed by atoms with Gasteiger partial charge in [0.25, 0.3) is 0 Å². The molecule has 0 aromatic heterocycles. The number of ether oxygens (including phenoxy) is 1. The second-order valence-corrected chi connectivity index (χ2v) is 7.00. The molecule has 0 atom stereocenters. The van der Waals surface area contributed by atoms with E-state index in [-0.39, 0.29) is 0 Å². The minimum absolute atomic E-state index is 0.523. The SMILES string of the molecule is Cc1ccc(C(C)C)c(OCCCCCCCCCBr)c1. The number of unbranched alkanes of at least 4 members (excludes halogenated alkanes) is 6. The topological polar surface area (TPSA) is 9.23 Å². The Labute approximate surface area is 139 Å². The first kappa shape index (κ1) is 18.5. The van der Waals surface area contributed by atoms with Crippen LogP contribution >= 0.6 is 15.9 Å². The average Bonchev–Trinajstić information content (AvgIpc) is 2.45. The number of hydrogen-bond donors (Lipinski definition) is 0. The Hall–Kier alpha value is -0.500. The van der Waals surface area contributed by atoms with Gasteiger partial charge in [-0.2, -0.15) is 0 Å². The lowest BCUT2D eigenvalue weighted by Gasteiger charge is -2.14. The highest BCUT2D eigenvalue weighted by Crippen LogP contribution is 2.27. The Bertz CT molecular complexity index is 387. The first-order valence-electron chi connectivity index (χ1n) is 8.44. The highest BCUT2D eigenvalue weighted by atomic mass is 79.9. The Balaban J connectivity index is 2.19. The molecule has 1 nitrogen and oxygen atoms in total. The predicted molar refractivity (Wildman–Crippen MR) is 96.9 cm³/mol. The summed E-state index contributed by atoms with van der Waals surface area (Å²) in [6.45, 7) is 7.43. The van der Waals surface area contributed by atoms with Gasteiger partial charge in [-0.3, -0.25) is 0 Å². The molecule has 0 aliphatic heterocycles. The van der Waals surface area contributed by atoms with Gasteiger partial charge in [0.2, 0.25) is 0 Å². The third-order valence-electron chi connectivity index (χ3n) is 3.83. The maximum Gasteiger partial charge on any atom is 0.122 e. The molecule has 0 aliphatic rings. The van der Waals surface area contributed by atoms with E-state index in [1.165, 1.54) is 56.1 Å². The van der Waals surface area contributed by atoms with Gasteiger partial charge in [-0.25, -0.2) is 0 Å². The second-order valence-electron chi connectivity index (χ2n) is 6.21. The van der Waals surface area contributed by atoms with Crippen molar-refractivity contribution in [2.24, 2.45) is 0 Å². The standard InChI is InChI=1S/C19H31BrO/c1-16(2)18-12-11-17(3)15-19(18)21-14-10-8-6-4-5-7-9-13-20/h11-12,15-16H,4-10,13-14H2,1-3H3. The van der Waals surface area contributed by atoms with Gasteiger partial charge in [0.1, 0.15) is 5.75 Å². The van der Waals surface area contributed by atoms with E-state index in [2.05, 4.69) is 54.9 Å². The van der Waals surface area contributed by atoms with Crippen LogP contribution in [0.2, 0.25) is 0 Å². The minimum atomic E-state index is 0.523. The van der Waals surface area contributed by atoms with E-state index in [1.54, 1.807) is 0 Å². The summed E-state index contributed by atoms with van der Waals surface area (Å²) in [6, 6.07) is 6.56. The van der Waals surface area contributed by atoms with Gasteiger partial charge in [-0.05, 0) is 42.9 Å². The molecular weight excluding hydrogens is 324 g/mol. The molecule has 1 rings (SSSR count). The summed E-state index contributed by atoms with van der Waals surface area (Å²) in [4.78, 5) is 0. The van der Waals surface area contributed by atoms with Gasteiger partial charge in [0, 0.05) is 5.33 Å². The molecule has 21 heavy (non-hydrogen) atoms. The molecule has 2 heteroatoms. The van der Waals surface area contributed by atoms with Crippen molar-refractivity contribution in [1.82, 2.24) is 0 Å². The normalized spacial score (nSPS) is 11.1. The van der Waals surface area contributed by atoms with Crippen molar-refractivity contribution in [3.05, 3.63) is 29.3 Å². The largest absolute Gasteiger partial charge is 0.493 e. The molecule has 1 aromatic carbocycles. The van der Waals surface area contributed by atoms with E-state index >= 15 is 0 Å². The van der Waals surface area contributed by atoms with Gasteiger partial charge >= 0.3 is 0 Å². The third-order valence-corrected chi connectivity index (χ3v) is 4.39. The summed E-state index contributed by atoms with van der Waals surface area (Å²) in [5.41, 5.74) is 2.61. The van der Waals surface area contributed by atoms with Crippen molar-refractivity contribution in [1.29, 1.82) is 0 Å². The summed E-state index contributed by atoms with van der Waals surface area (Å²) >= 11 is 3.48. The molecular formula is C19H31BrO. The first-order chi connectivity index (χ1) is 10.1. The molecule has 0 saturated heterocycles. The van der Waals surface area contributed by atoms with Crippen LogP contribution in [0.4, 0.5) is 0 Å². The van der Waals surface area contributed by atoms with Gasteiger partial charge in [-0.15, -0.1) is 0 Å². The van der Waals surface area contributed by atoms with E-state index in [0.717, 1.165) is 17.7 Å². The Morgan fingerprint density at radius 3 is 2.19 bits per heavy atom. The molecule has 0 N–H and O–H groups in total. The number of benzene rings is 1. The maximum absolute atomic E-state index is 6.02. The van der Waals surface area contributed by atoms with Crippen molar-refractivity contribution in [2.75, 3.05) is 11.9 Å². The van der Waals surface area contributed by atoms with Crippen molar-refractivity contribution in [2.45, 2.75) is 71.6 Å². The molecule has 0 bridgehead atoms. The van der Waals surface area contributed by atoms with Crippen molar-refractivity contribution >= 4 is 15.9 Å². The van der Waals surface area contributed by atoms with Gasteiger partial charge in [0.15, 0.2) is 0 Å². The summed E-state index contributed by atoms with van der Waals surface area (Å²) in [6.07, 6.45) is 9.23. The van der Waals surface area contributed by atoms with Crippen LogP contribution < -0.4 is 4.74 Å². The first-order valence-corrected chi connectivity index (χ1v) is 9.56. The fourth-order valence-electron chi connectivity index (χ4n) is 2.51. The number of rotatable bonds is 11. The lowest BCUT2D eigenvalue weighted by atomic mass is 10.0. The second kappa shape index (κ2) is 11.1. The number of alkyl halides is 1. The van der Waals surface area contributed by atoms with Crippen LogP contribution in [0.3, 0.4) is 0 Å². The summed E-state index contributed by atoms with van der Waals surface area (Å²) in [5, 5.41) is 1.15. The zero-order valence-electron chi connectivity index (χ0n) is 14.0. The maximum atomic E-state index is 6.02. The zero-order chi connectivity index (χ0) is 15.5. The van der Waals surface area contributed by atoms with E-state index in [4.69, 9.17) is 4.74 Å². The van der Waals surface area contributed by atoms with Gasteiger partial charge < -0.3 is 4.74 Å². The molecule has 0 aliphatic carbocycles. The number of halogens is 1. The highest BCUT2D eigenvalue weighted by molar-refractivity contribution is 9.09. The molecule has 0 fully saturated rings. The van der Waals surface area contributed by atoms with Gasteiger partial charge in [-0.1, -0.05) is 74.0 Å². The molecule has 120 valence electrons. The molecule has 1 aromatic rings. The Kier molecular flexibility index (Phi) is 9.82. The zero-order valence-corrected chi connectivity index (χ0v) is 15.5. The van der Waals surface area contributed by atoms with Crippen LogP contribution in [0.5, 0.6) is 5.75 Å². The Morgan fingerprint density at radius 1 is 0.952 bits per heavy atom. The molecule has 0 spiro atoms. The predicted octanol–water partition coefficient (Wildman–Crippen LogP) is 6.62. The highest BCUT2D eigenvalue weighted by Gasteiger charge is 2.07. The van der Waals surface area contributed by atoms with Crippen LogP contribution in [-0.2, 0) is 0 Å². The lowest BCUT2D eigenvalue weighted by Crippen LogP contribution is -2.02. The Morgan fingerprint density at radius 2 is 1.57 bits per heavy atom. The van der Waals surface area contributed by atoms with Crippen LogP contribution in [-0.4, -0.2) is 11.9 Å². The quantitative estimate of drug-likeness (QED) is 0.320. The molecule has 0 heterocycles. The van der Waals surface area contributed by atoms with Crippen LogP contribution in [0.1, 0.15) is 75.8 Å². The van der Waals surface area contributed by atoms with E-state index < -0.39 is 0 Å². The van der Waals surface area contributed by atoms with E-state index in [9.17, 15) is 0 Å². The van der Waals surface area contributed by atoms with Crippen LogP contribution in [0.15, 0.2) is 18.2 Å². The molecule has 0 radical (unpaired) electrons. The number of aryl methyl sites for hydroxylation is 1. The monoisotopic (exact) mass is 354 g/mol. The fraction of sp³-hybridized carbons (Fsp3) is 0.684. The molecule has 0 unspecified atom stereocenters.